The lowest BCUT2D eigenvalue weighted by molar-refractivity contribution is -0.290. The van der Waals surface area contributed by atoms with E-state index in [4.69, 9.17) is 0 Å². The van der Waals surface area contributed by atoms with Gasteiger partial charge in [0.1, 0.15) is 5.75 Å². The molecule has 2 aliphatic rings. The molecule has 1 amide bonds. The smallest absolute Gasteiger partial charge is 0.223 e. The van der Waals surface area contributed by atoms with Crippen molar-refractivity contribution in [3.8, 4) is 5.75 Å². The quantitative estimate of drug-likeness (QED) is 0.745. The highest BCUT2D eigenvalue weighted by Crippen LogP contribution is 2.50. The van der Waals surface area contributed by atoms with E-state index in [0.717, 1.165) is 12.8 Å². The van der Waals surface area contributed by atoms with Crippen molar-refractivity contribution in [2.45, 2.75) is 84.3 Å². The molecular weight excluding hydrogens is 364 g/mol. The average Bonchev–Trinajstić information content (AvgIpc) is 3.41. The van der Waals surface area contributed by atoms with Gasteiger partial charge >= 0.3 is 0 Å². The van der Waals surface area contributed by atoms with Crippen LogP contribution >= 0.6 is 0 Å². The lowest BCUT2D eigenvalue weighted by Gasteiger charge is -2.50. The molecule has 1 saturated carbocycles. The number of phenolic OH excluding ortho intramolecular Hbond substituents is 1. The summed E-state index contributed by atoms with van der Waals surface area (Å²) in [6, 6.07) is 7.47. The van der Waals surface area contributed by atoms with Crippen LogP contribution in [0.2, 0.25) is 0 Å². The molecule has 1 aliphatic carbocycles. The summed E-state index contributed by atoms with van der Waals surface area (Å²) >= 11 is 0. The van der Waals surface area contributed by atoms with Gasteiger partial charge in [-0.25, -0.2) is 0 Å². The SMILES string of the molecule is C[C@H](Cc1ccc(O)cc1)[C@@H]1C[C@H]1[C@H](C)C(=O)NC1CC(C)(C)N([O])C(C)(C)C1. The molecule has 29 heavy (non-hydrogen) atoms. The fourth-order valence-electron chi connectivity index (χ4n) is 5.51. The van der Waals surface area contributed by atoms with E-state index in [2.05, 4.69) is 12.2 Å². The Hall–Kier alpha value is -1.59. The lowest BCUT2D eigenvalue weighted by atomic mass is 9.78. The number of hydroxylamine groups is 2. The first-order chi connectivity index (χ1) is 13.4. The van der Waals surface area contributed by atoms with Gasteiger partial charge in [0.15, 0.2) is 0 Å². The molecule has 1 radical (unpaired) electrons. The topological polar surface area (TPSA) is 72.5 Å². The Morgan fingerprint density at radius 2 is 1.66 bits per heavy atom. The van der Waals surface area contributed by atoms with Crippen molar-refractivity contribution in [1.29, 1.82) is 0 Å². The van der Waals surface area contributed by atoms with Crippen molar-refractivity contribution in [2.75, 3.05) is 0 Å². The monoisotopic (exact) mass is 401 g/mol. The normalized spacial score (nSPS) is 28.5. The second kappa shape index (κ2) is 7.92. The molecule has 0 spiro atoms. The summed E-state index contributed by atoms with van der Waals surface area (Å²) in [6.07, 6.45) is 3.44. The van der Waals surface area contributed by atoms with Gasteiger partial charge in [-0.3, -0.25) is 4.79 Å². The number of phenols is 1. The number of piperidine rings is 1. The Kier molecular flexibility index (Phi) is 6.03. The summed E-state index contributed by atoms with van der Waals surface area (Å²) in [6.45, 7) is 12.2. The summed E-state index contributed by atoms with van der Waals surface area (Å²) in [7, 11) is 0. The fourth-order valence-corrected chi connectivity index (χ4v) is 5.51. The summed E-state index contributed by atoms with van der Waals surface area (Å²) < 4.78 is 0. The third kappa shape index (κ3) is 4.95. The largest absolute Gasteiger partial charge is 0.508 e. The summed E-state index contributed by atoms with van der Waals surface area (Å²) in [5, 5.41) is 26.4. The standard InChI is InChI=1S/C24H37N2O3/c1-15(11-17-7-9-19(27)10-8-17)20-12-21(20)16(2)22(28)25-18-13-23(3,4)26(29)24(5,6)14-18/h7-10,15-16,18,20-21,27H,11-14H2,1-6H3,(H,25,28)/t15-,16+,20+,21+/m1/s1. The van der Waals surface area contributed by atoms with E-state index >= 15 is 0 Å². The Bertz CT molecular complexity index is 710. The van der Waals surface area contributed by atoms with Gasteiger partial charge in [-0.1, -0.05) is 26.0 Å². The molecule has 4 atom stereocenters. The zero-order valence-corrected chi connectivity index (χ0v) is 18.7. The maximum Gasteiger partial charge on any atom is 0.223 e. The van der Waals surface area contributed by atoms with E-state index in [0.29, 0.717) is 36.3 Å². The van der Waals surface area contributed by atoms with Gasteiger partial charge in [-0.15, -0.1) is 10.3 Å². The van der Waals surface area contributed by atoms with Crippen LogP contribution in [-0.4, -0.2) is 33.2 Å². The van der Waals surface area contributed by atoms with Gasteiger partial charge < -0.3 is 10.4 Å². The predicted molar refractivity (Wildman–Crippen MR) is 114 cm³/mol. The van der Waals surface area contributed by atoms with Crippen molar-refractivity contribution in [3.63, 3.8) is 0 Å². The highest BCUT2D eigenvalue weighted by molar-refractivity contribution is 5.79. The van der Waals surface area contributed by atoms with E-state index < -0.39 is 11.1 Å². The second-order valence-corrected chi connectivity index (χ2v) is 10.7. The number of carbonyl (C=O) groups excluding carboxylic acids is 1. The van der Waals surface area contributed by atoms with E-state index in [9.17, 15) is 15.1 Å². The number of carbonyl (C=O) groups is 1. The molecule has 1 aromatic carbocycles. The van der Waals surface area contributed by atoms with Crippen molar-refractivity contribution < 1.29 is 15.1 Å². The van der Waals surface area contributed by atoms with Crippen LogP contribution in [0, 0.1) is 23.7 Å². The van der Waals surface area contributed by atoms with Gasteiger partial charge in [0.2, 0.25) is 5.91 Å². The highest BCUT2D eigenvalue weighted by Gasteiger charge is 2.49. The van der Waals surface area contributed by atoms with E-state index in [1.807, 2.05) is 46.8 Å². The van der Waals surface area contributed by atoms with Crippen LogP contribution in [0.4, 0.5) is 0 Å². The maximum absolute atomic E-state index is 12.9. The predicted octanol–water partition coefficient (Wildman–Crippen LogP) is 4.33. The van der Waals surface area contributed by atoms with Crippen LogP contribution in [0.15, 0.2) is 24.3 Å². The molecule has 0 aromatic heterocycles. The Morgan fingerprint density at radius 3 is 2.21 bits per heavy atom. The second-order valence-electron chi connectivity index (χ2n) is 10.7. The van der Waals surface area contributed by atoms with Gasteiger partial charge in [0.25, 0.3) is 0 Å². The van der Waals surface area contributed by atoms with Gasteiger partial charge in [-0.2, -0.15) is 0 Å². The van der Waals surface area contributed by atoms with Crippen LogP contribution in [0.25, 0.3) is 0 Å². The van der Waals surface area contributed by atoms with Crippen molar-refractivity contribution >= 4 is 5.91 Å². The van der Waals surface area contributed by atoms with Crippen LogP contribution in [-0.2, 0) is 16.4 Å². The third-order valence-corrected chi connectivity index (χ3v) is 7.11. The molecule has 1 aliphatic heterocycles. The number of nitrogens with one attached hydrogen (secondary N) is 1. The molecule has 1 aromatic rings. The molecule has 1 heterocycles. The van der Waals surface area contributed by atoms with Crippen LogP contribution in [0.3, 0.4) is 0 Å². The first-order valence-corrected chi connectivity index (χ1v) is 11.0. The zero-order chi connectivity index (χ0) is 21.6. The van der Waals surface area contributed by atoms with Crippen LogP contribution in [0.1, 0.15) is 66.4 Å². The Balaban J connectivity index is 1.53. The van der Waals surface area contributed by atoms with Gasteiger partial charge in [0, 0.05) is 23.0 Å². The molecule has 2 fully saturated rings. The first-order valence-electron chi connectivity index (χ1n) is 11.0. The maximum atomic E-state index is 12.9. The minimum Gasteiger partial charge on any atom is -0.508 e. The number of rotatable bonds is 6. The van der Waals surface area contributed by atoms with Gasteiger partial charge in [-0.05, 0) is 88.8 Å². The number of nitrogens with zero attached hydrogens (tertiary/aromatic N) is 1. The van der Waals surface area contributed by atoms with Crippen molar-refractivity contribution in [3.05, 3.63) is 29.8 Å². The zero-order valence-electron chi connectivity index (χ0n) is 18.7. The molecule has 2 N–H and O–H groups in total. The number of aromatic hydroxyl groups is 1. The molecule has 3 rings (SSSR count). The van der Waals surface area contributed by atoms with E-state index in [-0.39, 0.29) is 17.9 Å². The first kappa shape index (κ1) is 22.1. The van der Waals surface area contributed by atoms with Crippen molar-refractivity contribution in [1.82, 2.24) is 10.4 Å². The lowest BCUT2D eigenvalue weighted by Crippen LogP contribution is -2.62. The highest BCUT2D eigenvalue weighted by atomic mass is 16.5. The average molecular weight is 402 g/mol. The number of benzene rings is 1. The van der Waals surface area contributed by atoms with Crippen LogP contribution < -0.4 is 5.32 Å². The minimum absolute atomic E-state index is 0.00114. The Morgan fingerprint density at radius 1 is 1.10 bits per heavy atom. The van der Waals surface area contributed by atoms with E-state index in [1.165, 1.54) is 10.6 Å². The molecule has 0 bridgehead atoms. The minimum atomic E-state index is -0.469. The molecule has 5 nitrogen and oxygen atoms in total. The summed E-state index contributed by atoms with van der Waals surface area (Å²) in [5.74, 6) is 1.94. The van der Waals surface area contributed by atoms with Crippen LogP contribution in [0.5, 0.6) is 5.75 Å². The number of hydrogen-bond acceptors (Lipinski definition) is 3. The molecular formula is C24H37N2O3. The summed E-state index contributed by atoms with van der Waals surface area (Å²) in [5.41, 5.74) is 0.291. The molecule has 5 heteroatoms. The fraction of sp³-hybridized carbons (Fsp3) is 0.708. The molecule has 0 unspecified atom stereocenters. The third-order valence-electron chi connectivity index (χ3n) is 7.11. The van der Waals surface area contributed by atoms with Crippen molar-refractivity contribution in [2.24, 2.45) is 23.7 Å². The number of amides is 1. The summed E-state index contributed by atoms with van der Waals surface area (Å²) in [4.78, 5) is 12.9. The molecule has 1 saturated heterocycles. The number of hydrogen-bond donors (Lipinski definition) is 2. The molecule has 161 valence electrons. The van der Waals surface area contributed by atoms with Gasteiger partial charge in [0.05, 0.1) is 0 Å². The Labute approximate surface area is 175 Å². The van der Waals surface area contributed by atoms with E-state index in [1.54, 1.807) is 12.1 Å².